The fourth-order valence-corrected chi connectivity index (χ4v) is 5.73. The fraction of sp³-hybridized carbons (Fsp3) is 0.471. The molecule has 0 amide bonds. The summed E-state index contributed by atoms with van der Waals surface area (Å²) in [6, 6.07) is 10.2. The molecule has 1 aromatic heterocycles. The molecule has 3 heterocycles. The van der Waals surface area contributed by atoms with Crippen molar-refractivity contribution in [2.24, 2.45) is 0 Å². The molecule has 2 bridgehead atoms. The Balaban J connectivity index is 1.81. The van der Waals surface area contributed by atoms with Gasteiger partial charge in [0.2, 0.25) is 0 Å². The van der Waals surface area contributed by atoms with Crippen LogP contribution in [0.25, 0.3) is 10.9 Å². The Hall–Kier alpha value is -1.06. The Morgan fingerprint density at radius 2 is 1.85 bits per heavy atom. The van der Waals surface area contributed by atoms with Gasteiger partial charge >= 0.3 is 0 Å². The molecule has 104 valence electrons. The van der Waals surface area contributed by atoms with Gasteiger partial charge in [-0.15, -0.1) is 0 Å². The van der Waals surface area contributed by atoms with Crippen molar-refractivity contribution in [1.29, 1.82) is 0 Å². The molecule has 2 nitrogen and oxygen atoms in total. The molecule has 2 aromatic rings. The van der Waals surface area contributed by atoms with Crippen molar-refractivity contribution in [2.75, 3.05) is 0 Å². The number of hydrogen-bond acceptors (Lipinski definition) is 3. The molecule has 1 aromatic carbocycles. The van der Waals surface area contributed by atoms with Crippen molar-refractivity contribution in [3.05, 3.63) is 42.1 Å². The van der Waals surface area contributed by atoms with Gasteiger partial charge in [-0.25, -0.2) is 0 Å². The molecule has 2 saturated heterocycles. The molecular weight excluding hydrogens is 266 g/mol. The predicted octanol–water partition coefficient (Wildman–Crippen LogP) is 3.87. The van der Waals surface area contributed by atoms with E-state index in [1.165, 1.54) is 19.3 Å². The van der Waals surface area contributed by atoms with Gasteiger partial charge in [-0.1, -0.05) is 24.6 Å². The maximum absolute atomic E-state index is 11.3. The minimum atomic E-state index is -0.663. The third-order valence-electron chi connectivity index (χ3n) is 4.72. The summed E-state index contributed by atoms with van der Waals surface area (Å²) in [6.07, 6.45) is 7.46. The predicted molar refractivity (Wildman–Crippen MR) is 83.9 cm³/mol. The second kappa shape index (κ2) is 4.74. The Labute approximate surface area is 123 Å². The molecule has 2 aliphatic rings. The largest absolute Gasteiger partial charge is 0.385 e. The Morgan fingerprint density at radius 3 is 2.65 bits per heavy atom. The highest BCUT2D eigenvalue weighted by molar-refractivity contribution is 8.00. The van der Waals surface area contributed by atoms with Crippen LogP contribution in [0.15, 0.2) is 36.5 Å². The van der Waals surface area contributed by atoms with Crippen molar-refractivity contribution in [3.63, 3.8) is 0 Å². The van der Waals surface area contributed by atoms with Crippen LogP contribution >= 0.6 is 11.8 Å². The van der Waals surface area contributed by atoms with E-state index >= 15 is 0 Å². The number of pyridine rings is 1. The zero-order valence-corrected chi connectivity index (χ0v) is 12.3. The van der Waals surface area contributed by atoms with Gasteiger partial charge in [-0.3, -0.25) is 4.98 Å². The molecule has 20 heavy (non-hydrogen) atoms. The number of hydrogen-bond donors (Lipinski definition) is 1. The lowest BCUT2D eigenvalue weighted by Gasteiger charge is -2.44. The topological polar surface area (TPSA) is 33.1 Å². The molecule has 3 heteroatoms. The van der Waals surface area contributed by atoms with Crippen LogP contribution in [-0.2, 0) is 5.60 Å². The Bertz CT molecular complexity index is 624. The zero-order chi connectivity index (χ0) is 13.6. The summed E-state index contributed by atoms with van der Waals surface area (Å²) >= 11 is 2.10. The first-order valence-electron chi connectivity index (χ1n) is 7.47. The summed E-state index contributed by atoms with van der Waals surface area (Å²) in [4.78, 5) is 4.42. The van der Waals surface area contributed by atoms with Gasteiger partial charge in [0.25, 0.3) is 0 Å². The van der Waals surface area contributed by atoms with E-state index in [9.17, 15) is 5.11 Å². The van der Waals surface area contributed by atoms with Crippen molar-refractivity contribution in [1.82, 2.24) is 4.98 Å². The number of aromatic nitrogens is 1. The summed E-state index contributed by atoms with van der Waals surface area (Å²) in [5.74, 6) is 0. The van der Waals surface area contributed by atoms with E-state index in [0.717, 1.165) is 29.3 Å². The Morgan fingerprint density at radius 1 is 1.10 bits per heavy atom. The third kappa shape index (κ3) is 2.04. The molecule has 0 aliphatic carbocycles. The van der Waals surface area contributed by atoms with Crippen molar-refractivity contribution in [3.8, 4) is 0 Å². The summed E-state index contributed by atoms with van der Waals surface area (Å²) in [5.41, 5.74) is 1.41. The van der Waals surface area contributed by atoms with Gasteiger partial charge in [0, 0.05) is 22.1 Å². The number of rotatable bonds is 1. The van der Waals surface area contributed by atoms with E-state index in [2.05, 4.69) is 22.8 Å². The van der Waals surface area contributed by atoms with E-state index in [0.29, 0.717) is 10.5 Å². The van der Waals surface area contributed by atoms with E-state index < -0.39 is 5.60 Å². The van der Waals surface area contributed by atoms with Gasteiger partial charge < -0.3 is 5.11 Å². The molecule has 4 rings (SSSR count). The lowest BCUT2D eigenvalue weighted by Crippen LogP contribution is -2.40. The summed E-state index contributed by atoms with van der Waals surface area (Å²) in [5, 5.41) is 13.7. The zero-order valence-electron chi connectivity index (χ0n) is 11.5. The van der Waals surface area contributed by atoms with Gasteiger partial charge in [0.1, 0.15) is 0 Å². The molecule has 0 spiro atoms. The van der Waals surface area contributed by atoms with E-state index in [1.54, 1.807) is 0 Å². The molecule has 1 N–H and O–H groups in total. The second-order valence-corrected chi connectivity index (χ2v) is 7.73. The number of aliphatic hydroxyl groups is 1. The van der Waals surface area contributed by atoms with Crippen LogP contribution in [0.3, 0.4) is 0 Å². The lowest BCUT2D eigenvalue weighted by atomic mass is 9.79. The molecule has 2 aliphatic heterocycles. The number of para-hydroxylation sites is 1. The van der Waals surface area contributed by atoms with Gasteiger partial charge in [-0.2, -0.15) is 11.8 Å². The van der Waals surface area contributed by atoms with E-state index in [1.807, 2.05) is 30.5 Å². The highest BCUT2D eigenvalue weighted by atomic mass is 32.2. The quantitative estimate of drug-likeness (QED) is 0.863. The first-order valence-corrected chi connectivity index (χ1v) is 8.41. The van der Waals surface area contributed by atoms with Gasteiger partial charge in [0.05, 0.1) is 11.1 Å². The number of fused-ring (bicyclic) bond motifs is 3. The number of benzene rings is 1. The molecule has 0 saturated carbocycles. The lowest BCUT2D eigenvalue weighted by molar-refractivity contribution is 0.00949. The summed E-state index contributed by atoms with van der Waals surface area (Å²) in [6.45, 7) is 0. The first kappa shape index (κ1) is 12.7. The molecular formula is C17H19NOS. The smallest absolute Gasteiger partial charge is 0.0924 e. The molecule has 2 unspecified atom stereocenters. The van der Waals surface area contributed by atoms with Crippen LogP contribution in [0.5, 0.6) is 0 Å². The van der Waals surface area contributed by atoms with Gasteiger partial charge in [0.15, 0.2) is 0 Å². The van der Waals surface area contributed by atoms with Gasteiger partial charge in [-0.05, 0) is 43.4 Å². The normalized spacial score (nSPS) is 33.2. The maximum Gasteiger partial charge on any atom is 0.0924 e. The van der Waals surface area contributed by atoms with Crippen LogP contribution in [0.4, 0.5) is 0 Å². The second-order valence-electron chi connectivity index (χ2n) is 6.13. The van der Waals surface area contributed by atoms with Crippen molar-refractivity contribution in [2.45, 2.75) is 48.2 Å². The highest BCUT2D eigenvalue weighted by Crippen LogP contribution is 2.50. The molecule has 2 atom stereocenters. The monoisotopic (exact) mass is 285 g/mol. The first-order chi connectivity index (χ1) is 9.74. The van der Waals surface area contributed by atoms with Crippen LogP contribution in [-0.4, -0.2) is 20.6 Å². The third-order valence-corrected chi connectivity index (χ3v) is 6.29. The van der Waals surface area contributed by atoms with Crippen molar-refractivity contribution < 1.29 is 5.11 Å². The number of thioether (sulfide) groups is 1. The standard InChI is InChI=1S/C17H19NOS/c19-17(10-12-4-3-5-13(11-17)20-12)15-8-9-18-16-7-2-1-6-14(15)16/h1-2,6-9,12-13,19H,3-5,10-11H2. The Kier molecular flexibility index (Phi) is 3.00. The summed E-state index contributed by atoms with van der Waals surface area (Å²) < 4.78 is 0. The fourth-order valence-electron chi connectivity index (χ4n) is 3.84. The average molecular weight is 285 g/mol. The SMILES string of the molecule is OC1(c2ccnc3ccccc23)CC2CCCC(C1)S2. The van der Waals surface area contributed by atoms with E-state index in [-0.39, 0.29) is 0 Å². The molecule has 0 radical (unpaired) electrons. The summed E-state index contributed by atoms with van der Waals surface area (Å²) in [7, 11) is 0. The van der Waals surface area contributed by atoms with Crippen molar-refractivity contribution >= 4 is 22.7 Å². The maximum atomic E-state index is 11.3. The van der Waals surface area contributed by atoms with Crippen LogP contribution in [0, 0.1) is 0 Å². The minimum absolute atomic E-state index is 0.624. The van der Waals surface area contributed by atoms with Crippen LogP contribution in [0.1, 0.15) is 37.7 Å². The molecule has 2 fully saturated rings. The minimum Gasteiger partial charge on any atom is -0.385 e. The van der Waals surface area contributed by atoms with Crippen LogP contribution in [0.2, 0.25) is 0 Å². The van der Waals surface area contributed by atoms with Crippen LogP contribution < -0.4 is 0 Å². The number of nitrogens with zero attached hydrogens (tertiary/aromatic N) is 1. The average Bonchev–Trinajstić information content (AvgIpc) is 2.46. The highest BCUT2D eigenvalue weighted by Gasteiger charge is 2.43. The van der Waals surface area contributed by atoms with E-state index in [4.69, 9.17) is 0 Å².